The van der Waals surface area contributed by atoms with Crippen LogP contribution in [0.3, 0.4) is 0 Å². The monoisotopic (exact) mass is 439 g/mol. The maximum Gasteiger partial charge on any atom is 0.287 e. The number of anilines is 1. The lowest BCUT2D eigenvalue weighted by Gasteiger charge is -2.27. The second-order valence-corrected chi connectivity index (χ2v) is 8.57. The lowest BCUT2D eigenvalue weighted by atomic mass is 10.1. The summed E-state index contributed by atoms with van der Waals surface area (Å²) in [6.07, 6.45) is 0.831. The quantitative estimate of drug-likeness (QED) is 0.360. The van der Waals surface area contributed by atoms with Crippen molar-refractivity contribution in [2.75, 3.05) is 18.5 Å². The average molecular weight is 440 g/mol. The van der Waals surface area contributed by atoms with Crippen LogP contribution in [-0.4, -0.2) is 40.1 Å². The van der Waals surface area contributed by atoms with Crippen LogP contribution in [-0.2, 0) is 6.54 Å². The summed E-state index contributed by atoms with van der Waals surface area (Å²) in [6.45, 7) is 5.90. The van der Waals surface area contributed by atoms with E-state index in [0.717, 1.165) is 24.0 Å². The maximum absolute atomic E-state index is 12.5. The van der Waals surface area contributed by atoms with Crippen LogP contribution in [0.1, 0.15) is 30.9 Å². The van der Waals surface area contributed by atoms with Crippen molar-refractivity contribution in [2.45, 2.75) is 32.9 Å². The molecule has 0 radical (unpaired) electrons. The van der Waals surface area contributed by atoms with Gasteiger partial charge in [0.15, 0.2) is 5.82 Å². The number of aromatic amines is 1. The van der Waals surface area contributed by atoms with Gasteiger partial charge in [-0.2, -0.15) is 0 Å². The normalized spacial score (nSPS) is 12.5. The molecule has 1 unspecified atom stereocenters. The summed E-state index contributed by atoms with van der Waals surface area (Å²) in [7, 11) is 2.12. The van der Waals surface area contributed by atoms with E-state index in [9.17, 15) is 4.79 Å². The fourth-order valence-electron chi connectivity index (χ4n) is 4.59. The molecule has 2 aromatic heterocycles. The van der Waals surface area contributed by atoms with Crippen LogP contribution in [0.4, 0.5) is 5.69 Å². The molecule has 0 saturated heterocycles. The van der Waals surface area contributed by atoms with Crippen molar-refractivity contribution in [3.05, 3.63) is 72.6 Å². The van der Waals surface area contributed by atoms with Crippen LogP contribution >= 0.6 is 0 Å². The number of hydrogen-bond acceptors (Lipinski definition) is 3. The second kappa shape index (κ2) is 8.62. The number of carbonyl (C=O) groups excluding carboxylic acids is 1. The molecule has 0 fully saturated rings. The van der Waals surface area contributed by atoms with Crippen LogP contribution in [0, 0.1) is 0 Å². The Kier molecular flexibility index (Phi) is 5.50. The van der Waals surface area contributed by atoms with Gasteiger partial charge in [0.05, 0.1) is 11.0 Å². The van der Waals surface area contributed by atoms with Gasteiger partial charge in [0.25, 0.3) is 5.91 Å². The summed E-state index contributed by atoms with van der Waals surface area (Å²) >= 11 is 0. The highest BCUT2D eigenvalue weighted by Gasteiger charge is 2.16. The minimum absolute atomic E-state index is 0.171. The highest BCUT2D eigenvalue weighted by atomic mass is 16.2. The van der Waals surface area contributed by atoms with Gasteiger partial charge in [0.1, 0.15) is 0 Å². The maximum atomic E-state index is 12.5. The molecule has 168 valence electrons. The average Bonchev–Trinajstić information content (AvgIpc) is 3.42. The van der Waals surface area contributed by atoms with Crippen molar-refractivity contribution in [1.82, 2.24) is 19.9 Å². The smallest absolute Gasteiger partial charge is 0.287 e. The molecule has 1 amide bonds. The van der Waals surface area contributed by atoms with Gasteiger partial charge in [-0.25, -0.2) is 4.98 Å². The SMILES string of the molecule is CCn1c2ccccc2c2cc(N(C)C(C)CCNC(=O)c3nc4ccccc4[nH]3)ccc21. The molecule has 5 rings (SSSR count). The van der Waals surface area contributed by atoms with Crippen molar-refractivity contribution in [2.24, 2.45) is 0 Å². The molecule has 2 heterocycles. The van der Waals surface area contributed by atoms with Gasteiger partial charge < -0.3 is 19.8 Å². The fourth-order valence-corrected chi connectivity index (χ4v) is 4.59. The van der Waals surface area contributed by atoms with E-state index in [0.29, 0.717) is 12.4 Å². The van der Waals surface area contributed by atoms with Gasteiger partial charge in [-0.05, 0) is 56.7 Å². The molecule has 0 saturated carbocycles. The lowest BCUT2D eigenvalue weighted by molar-refractivity contribution is 0.0943. The molecule has 0 aliphatic carbocycles. The third-order valence-electron chi connectivity index (χ3n) is 6.59. The van der Waals surface area contributed by atoms with E-state index in [1.165, 1.54) is 27.5 Å². The van der Waals surface area contributed by atoms with Crippen molar-refractivity contribution in [3.8, 4) is 0 Å². The highest BCUT2D eigenvalue weighted by Crippen LogP contribution is 2.32. The third kappa shape index (κ3) is 3.82. The van der Waals surface area contributed by atoms with Crippen LogP contribution in [0.5, 0.6) is 0 Å². The van der Waals surface area contributed by atoms with E-state index >= 15 is 0 Å². The van der Waals surface area contributed by atoms with Gasteiger partial charge in [-0.1, -0.05) is 30.3 Å². The first-order valence-electron chi connectivity index (χ1n) is 11.5. The molecule has 5 aromatic rings. The first-order valence-corrected chi connectivity index (χ1v) is 11.5. The van der Waals surface area contributed by atoms with E-state index < -0.39 is 0 Å². The van der Waals surface area contributed by atoms with Gasteiger partial charge in [0, 0.05) is 53.7 Å². The molecule has 1 atom stereocenters. The minimum Gasteiger partial charge on any atom is -0.372 e. The van der Waals surface area contributed by atoms with Crippen molar-refractivity contribution in [3.63, 3.8) is 0 Å². The van der Waals surface area contributed by atoms with Gasteiger partial charge in [-0.3, -0.25) is 4.79 Å². The van der Waals surface area contributed by atoms with Gasteiger partial charge >= 0.3 is 0 Å². The summed E-state index contributed by atoms with van der Waals surface area (Å²) in [4.78, 5) is 22.3. The van der Waals surface area contributed by atoms with Gasteiger partial charge in [0.2, 0.25) is 0 Å². The first-order chi connectivity index (χ1) is 16.1. The van der Waals surface area contributed by atoms with Crippen LogP contribution in [0.2, 0.25) is 0 Å². The number of benzene rings is 3. The predicted molar refractivity (Wildman–Crippen MR) is 136 cm³/mol. The minimum atomic E-state index is -0.171. The summed E-state index contributed by atoms with van der Waals surface area (Å²) in [5.74, 6) is 0.185. The zero-order valence-electron chi connectivity index (χ0n) is 19.3. The summed E-state index contributed by atoms with van der Waals surface area (Å²) in [5.41, 5.74) is 5.39. The fraction of sp³-hybridized carbons (Fsp3) is 0.259. The van der Waals surface area contributed by atoms with Gasteiger partial charge in [-0.15, -0.1) is 0 Å². The molecular weight excluding hydrogens is 410 g/mol. The lowest BCUT2D eigenvalue weighted by Crippen LogP contribution is -2.34. The van der Waals surface area contributed by atoms with E-state index in [4.69, 9.17) is 0 Å². The second-order valence-electron chi connectivity index (χ2n) is 8.57. The number of para-hydroxylation sites is 3. The topological polar surface area (TPSA) is 65.9 Å². The highest BCUT2D eigenvalue weighted by molar-refractivity contribution is 6.09. The van der Waals surface area contributed by atoms with Crippen molar-refractivity contribution < 1.29 is 4.79 Å². The number of aryl methyl sites for hydroxylation is 1. The number of hydrogen-bond donors (Lipinski definition) is 2. The molecule has 0 spiro atoms. The Morgan fingerprint density at radius 3 is 2.64 bits per heavy atom. The Morgan fingerprint density at radius 1 is 1.06 bits per heavy atom. The van der Waals surface area contributed by atoms with E-state index in [-0.39, 0.29) is 11.9 Å². The molecule has 0 aliphatic rings. The molecule has 0 aliphatic heterocycles. The third-order valence-corrected chi connectivity index (χ3v) is 6.59. The number of aromatic nitrogens is 3. The Labute approximate surface area is 193 Å². The molecular formula is C27H29N5O. The Morgan fingerprint density at radius 2 is 1.82 bits per heavy atom. The summed E-state index contributed by atoms with van der Waals surface area (Å²) in [6, 6.07) is 23.2. The number of carbonyl (C=O) groups is 1. The number of imidazole rings is 1. The number of rotatable bonds is 7. The zero-order valence-corrected chi connectivity index (χ0v) is 19.3. The number of fused-ring (bicyclic) bond motifs is 4. The van der Waals surface area contributed by atoms with Crippen LogP contribution < -0.4 is 10.2 Å². The predicted octanol–water partition coefficient (Wildman–Crippen LogP) is 5.34. The largest absolute Gasteiger partial charge is 0.372 e. The molecule has 6 nitrogen and oxygen atoms in total. The number of amides is 1. The molecule has 6 heteroatoms. The molecule has 0 bridgehead atoms. The van der Waals surface area contributed by atoms with Crippen LogP contribution in [0.25, 0.3) is 32.8 Å². The molecule has 3 aromatic carbocycles. The summed E-state index contributed by atoms with van der Waals surface area (Å²) in [5, 5.41) is 5.57. The standard InChI is InChI=1S/C27H29N5O/c1-4-32-24-12-8-5-9-20(24)21-17-19(13-14-25(21)32)31(3)18(2)15-16-28-27(33)26-29-22-10-6-7-11-23(22)30-26/h5-14,17-18H,4,15-16H2,1-3H3,(H,28,33)(H,29,30). The van der Waals surface area contributed by atoms with Crippen molar-refractivity contribution in [1.29, 1.82) is 0 Å². The molecule has 33 heavy (non-hydrogen) atoms. The number of nitrogens with zero attached hydrogens (tertiary/aromatic N) is 3. The Balaban J connectivity index is 1.27. The Bertz CT molecular complexity index is 1410. The van der Waals surface area contributed by atoms with Crippen LogP contribution in [0.15, 0.2) is 66.7 Å². The Hall–Kier alpha value is -3.80. The molecule has 2 N–H and O–H groups in total. The zero-order chi connectivity index (χ0) is 22.9. The summed E-state index contributed by atoms with van der Waals surface area (Å²) < 4.78 is 2.37. The number of H-pyrrole nitrogens is 1. The number of nitrogens with one attached hydrogen (secondary N) is 2. The van der Waals surface area contributed by atoms with E-state index in [2.05, 4.69) is 88.1 Å². The first kappa shape index (κ1) is 21.1. The van der Waals surface area contributed by atoms with E-state index in [1.807, 2.05) is 24.3 Å². The van der Waals surface area contributed by atoms with Crippen molar-refractivity contribution >= 4 is 44.4 Å². The van der Waals surface area contributed by atoms with E-state index in [1.54, 1.807) is 0 Å².